The first kappa shape index (κ1) is 35.1. The number of halogens is 3. The third-order valence-corrected chi connectivity index (χ3v) is 6.64. The van der Waals surface area contributed by atoms with Gasteiger partial charge in [-0.25, -0.2) is 4.79 Å². The van der Waals surface area contributed by atoms with Gasteiger partial charge in [0.2, 0.25) is 11.8 Å². The van der Waals surface area contributed by atoms with Gasteiger partial charge in [0.15, 0.2) is 5.78 Å². The second kappa shape index (κ2) is 17.2. The number of benzene rings is 2. The molecule has 0 saturated heterocycles. The van der Waals surface area contributed by atoms with E-state index in [1.54, 1.807) is 12.1 Å². The second-order valence-electron chi connectivity index (χ2n) is 10.2. The van der Waals surface area contributed by atoms with Crippen LogP contribution in [0, 0.1) is 0 Å². The van der Waals surface area contributed by atoms with Crippen molar-refractivity contribution in [2.75, 3.05) is 33.0 Å². The van der Waals surface area contributed by atoms with Crippen LogP contribution in [0.15, 0.2) is 64.8 Å². The average molecular weight is 636 g/mol. The van der Waals surface area contributed by atoms with Crippen molar-refractivity contribution in [3.8, 4) is 0 Å². The quantitative estimate of drug-likeness (QED) is 0.187. The molecule has 15 heteroatoms. The molecule has 0 saturated carbocycles. The van der Waals surface area contributed by atoms with Gasteiger partial charge in [0.25, 0.3) is 0 Å². The zero-order valence-corrected chi connectivity index (χ0v) is 24.5. The van der Waals surface area contributed by atoms with Crippen LogP contribution in [0.2, 0.25) is 0 Å². The van der Waals surface area contributed by atoms with Crippen LogP contribution in [0.5, 0.6) is 0 Å². The largest absolute Gasteiger partial charge is 0.445 e. The Labute approximate surface area is 257 Å². The monoisotopic (exact) mass is 635 g/mol. The molecule has 4 N–H and O–H groups in total. The lowest BCUT2D eigenvalue weighted by atomic mass is 10.0. The number of ether oxygens (including phenoxy) is 3. The number of primary amides is 1. The first-order valence-corrected chi connectivity index (χ1v) is 14.3. The van der Waals surface area contributed by atoms with E-state index < -0.39 is 29.9 Å². The van der Waals surface area contributed by atoms with Crippen LogP contribution in [-0.2, 0) is 47.3 Å². The highest BCUT2D eigenvalue weighted by Crippen LogP contribution is 2.52. The van der Waals surface area contributed by atoms with Crippen LogP contribution in [-0.4, -0.2) is 68.9 Å². The summed E-state index contributed by atoms with van der Waals surface area (Å²) in [5.74, 6) is -1.18. The summed E-state index contributed by atoms with van der Waals surface area (Å²) in [4.78, 5) is 48.2. The molecule has 1 atom stereocenters. The Hall–Kier alpha value is -4.37. The molecule has 0 spiro atoms. The van der Waals surface area contributed by atoms with E-state index in [1.165, 1.54) is 24.3 Å². The van der Waals surface area contributed by atoms with Gasteiger partial charge in [-0.2, -0.15) is 13.2 Å². The number of amides is 3. The minimum Gasteiger partial charge on any atom is -0.445 e. The lowest BCUT2D eigenvalue weighted by Crippen LogP contribution is -2.41. The van der Waals surface area contributed by atoms with Gasteiger partial charge in [0.1, 0.15) is 6.61 Å². The molecule has 45 heavy (non-hydrogen) atoms. The van der Waals surface area contributed by atoms with Crippen LogP contribution in [0.25, 0.3) is 0 Å². The van der Waals surface area contributed by atoms with Crippen molar-refractivity contribution in [1.29, 1.82) is 0 Å². The SMILES string of the molecule is NC(=O)CCC(NC(=O)OCc1ccccc1)C(=O)CCCOCCOCCNC(=O)Cc1ccc(C2(C(F)(F)F)N=N2)cc1. The van der Waals surface area contributed by atoms with Crippen molar-refractivity contribution in [3.63, 3.8) is 0 Å². The van der Waals surface area contributed by atoms with Crippen molar-refractivity contribution < 1.29 is 46.6 Å². The van der Waals surface area contributed by atoms with Gasteiger partial charge in [-0.05, 0) is 24.0 Å². The Morgan fingerprint density at radius 1 is 0.867 bits per heavy atom. The van der Waals surface area contributed by atoms with E-state index in [9.17, 15) is 32.3 Å². The lowest BCUT2D eigenvalue weighted by Gasteiger charge is -2.17. The van der Waals surface area contributed by atoms with Crippen LogP contribution >= 0.6 is 0 Å². The molecule has 1 aliphatic heterocycles. The number of nitrogens with two attached hydrogens (primary N) is 1. The predicted octanol–water partition coefficient (Wildman–Crippen LogP) is 3.47. The molecule has 1 heterocycles. The van der Waals surface area contributed by atoms with Gasteiger partial charge < -0.3 is 30.6 Å². The summed E-state index contributed by atoms with van der Waals surface area (Å²) in [6, 6.07) is 13.5. The smallest absolute Gasteiger partial charge is 0.442 e. The Balaban J connectivity index is 1.22. The molecule has 3 rings (SSSR count). The Bertz CT molecular complexity index is 1300. The number of rotatable bonds is 20. The number of nitrogens with one attached hydrogen (secondary N) is 2. The average Bonchev–Trinajstić information content (AvgIpc) is 3.82. The van der Waals surface area contributed by atoms with Gasteiger partial charge in [-0.1, -0.05) is 54.6 Å². The number of nitrogens with zero attached hydrogens (tertiary/aromatic N) is 2. The summed E-state index contributed by atoms with van der Waals surface area (Å²) in [7, 11) is 0. The number of alkyl carbamates (subject to hydrolysis) is 1. The molecule has 12 nitrogen and oxygen atoms in total. The Morgan fingerprint density at radius 3 is 2.16 bits per heavy atom. The van der Waals surface area contributed by atoms with Crippen molar-refractivity contribution in [2.24, 2.45) is 16.0 Å². The summed E-state index contributed by atoms with van der Waals surface area (Å²) < 4.78 is 55.3. The summed E-state index contributed by atoms with van der Waals surface area (Å²) in [6.07, 6.45) is -4.92. The van der Waals surface area contributed by atoms with Gasteiger partial charge >= 0.3 is 17.9 Å². The van der Waals surface area contributed by atoms with E-state index in [-0.39, 0.29) is 82.5 Å². The van der Waals surface area contributed by atoms with E-state index in [2.05, 4.69) is 20.9 Å². The minimum absolute atomic E-state index is 0.0107. The highest BCUT2D eigenvalue weighted by atomic mass is 19.4. The maximum Gasteiger partial charge on any atom is 0.442 e. The van der Waals surface area contributed by atoms with E-state index in [1.807, 2.05) is 18.2 Å². The molecule has 0 radical (unpaired) electrons. The minimum atomic E-state index is -4.60. The molecule has 0 fully saturated rings. The van der Waals surface area contributed by atoms with Gasteiger partial charge in [-0.3, -0.25) is 14.4 Å². The molecule has 2 aromatic rings. The van der Waals surface area contributed by atoms with Crippen LogP contribution in [0.1, 0.15) is 42.4 Å². The zero-order chi connectivity index (χ0) is 32.7. The molecule has 3 amide bonds. The number of hydrogen-bond donors (Lipinski definition) is 3. The van der Waals surface area contributed by atoms with E-state index in [0.29, 0.717) is 12.0 Å². The van der Waals surface area contributed by atoms with Gasteiger partial charge in [0.05, 0.1) is 32.3 Å². The zero-order valence-electron chi connectivity index (χ0n) is 24.5. The third-order valence-electron chi connectivity index (χ3n) is 6.64. The van der Waals surface area contributed by atoms with Crippen molar-refractivity contribution >= 4 is 23.7 Å². The van der Waals surface area contributed by atoms with Crippen molar-refractivity contribution in [2.45, 2.75) is 56.6 Å². The fourth-order valence-corrected chi connectivity index (χ4v) is 4.16. The van der Waals surface area contributed by atoms with Crippen LogP contribution < -0.4 is 16.4 Å². The van der Waals surface area contributed by atoms with Crippen molar-refractivity contribution in [1.82, 2.24) is 10.6 Å². The molecule has 0 aromatic heterocycles. The standard InChI is InChI=1S/C30H36F3N5O7/c31-30(32,33)29(37-38-29)23-10-8-21(9-11-23)19-27(41)35-14-16-44-18-17-43-15-4-7-25(39)24(12-13-26(34)40)36-28(42)45-20-22-5-2-1-3-6-22/h1-3,5-6,8-11,24H,4,7,12-20H2,(H2,34,40)(H,35,41)(H,36,42). The number of carbonyl (C=O) groups is 4. The van der Waals surface area contributed by atoms with E-state index in [0.717, 1.165) is 5.56 Å². The molecular weight excluding hydrogens is 599 g/mol. The highest BCUT2D eigenvalue weighted by molar-refractivity contribution is 5.88. The number of Topliss-reactive ketones (excluding diaryl/α,β-unsaturated/α-hetero) is 1. The number of carbonyl (C=O) groups excluding carboxylic acids is 4. The van der Waals surface area contributed by atoms with E-state index in [4.69, 9.17) is 19.9 Å². The second-order valence-corrected chi connectivity index (χ2v) is 10.2. The number of alkyl halides is 3. The Kier molecular flexibility index (Phi) is 13.4. The van der Waals surface area contributed by atoms with E-state index >= 15 is 0 Å². The molecular formula is C30H36F3N5O7. The molecule has 2 aromatic carbocycles. The molecule has 1 unspecified atom stereocenters. The fraction of sp³-hybridized carbons (Fsp3) is 0.467. The van der Waals surface area contributed by atoms with Gasteiger partial charge in [-0.15, -0.1) is 10.2 Å². The lowest BCUT2D eigenvalue weighted by molar-refractivity contribution is -0.166. The molecule has 1 aliphatic rings. The van der Waals surface area contributed by atoms with Crippen LogP contribution in [0.4, 0.5) is 18.0 Å². The number of ketones is 1. The number of hydrogen-bond acceptors (Lipinski definition) is 9. The molecule has 0 bridgehead atoms. The highest BCUT2D eigenvalue weighted by Gasteiger charge is 2.65. The maximum atomic E-state index is 13.1. The van der Waals surface area contributed by atoms with Crippen LogP contribution in [0.3, 0.4) is 0 Å². The third kappa shape index (κ3) is 11.9. The van der Waals surface area contributed by atoms with Crippen molar-refractivity contribution in [3.05, 3.63) is 71.3 Å². The summed E-state index contributed by atoms with van der Waals surface area (Å²) in [5, 5.41) is 11.5. The maximum absolute atomic E-state index is 13.1. The summed E-state index contributed by atoms with van der Waals surface area (Å²) >= 11 is 0. The Morgan fingerprint density at radius 2 is 1.53 bits per heavy atom. The first-order chi connectivity index (χ1) is 21.5. The molecule has 244 valence electrons. The first-order valence-electron chi connectivity index (χ1n) is 14.3. The fourth-order valence-electron chi connectivity index (χ4n) is 4.16. The topological polar surface area (TPSA) is 171 Å². The van der Waals surface area contributed by atoms with Gasteiger partial charge in [0, 0.05) is 31.6 Å². The summed E-state index contributed by atoms with van der Waals surface area (Å²) in [5.41, 5.74) is 3.94. The predicted molar refractivity (Wildman–Crippen MR) is 154 cm³/mol. The molecule has 0 aliphatic carbocycles. The normalized spacial score (nSPS) is 13.9. The summed E-state index contributed by atoms with van der Waals surface area (Å²) in [6.45, 7) is 1.25.